The third-order valence-electron chi connectivity index (χ3n) is 4.73. The van der Waals surface area contributed by atoms with Crippen molar-refractivity contribution in [3.05, 3.63) is 60.3 Å². The number of aromatic nitrogens is 4. The van der Waals surface area contributed by atoms with E-state index in [0.717, 1.165) is 12.1 Å². The molecule has 2 aromatic heterocycles. The number of aliphatic hydroxyl groups is 1. The Bertz CT molecular complexity index is 955. The molecule has 0 spiro atoms. The van der Waals surface area contributed by atoms with E-state index in [1.165, 1.54) is 12.1 Å². The van der Waals surface area contributed by atoms with Gasteiger partial charge < -0.3 is 20.6 Å². The molecule has 3 N–H and O–H groups in total. The summed E-state index contributed by atoms with van der Waals surface area (Å²) in [7, 11) is 0. The second kappa shape index (κ2) is 8.36. The second-order valence-electron chi connectivity index (χ2n) is 6.96. The molecule has 1 aliphatic rings. The molecule has 1 aliphatic heterocycles. The summed E-state index contributed by atoms with van der Waals surface area (Å²) < 4.78 is 13.2. The molecule has 9 heteroatoms. The summed E-state index contributed by atoms with van der Waals surface area (Å²) in [6, 6.07) is 8.01. The zero-order valence-corrected chi connectivity index (χ0v) is 16.0. The van der Waals surface area contributed by atoms with E-state index >= 15 is 0 Å². The number of hydrogen-bond acceptors (Lipinski definition) is 8. The van der Waals surface area contributed by atoms with Crippen molar-refractivity contribution in [2.75, 3.05) is 28.6 Å². The topological polar surface area (TPSA) is 99.1 Å². The molecule has 1 aromatic carbocycles. The van der Waals surface area contributed by atoms with Crippen LogP contribution in [0.2, 0.25) is 0 Å². The van der Waals surface area contributed by atoms with Crippen LogP contribution in [0.3, 0.4) is 0 Å². The first kappa shape index (κ1) is 19.0. The Morgan fingerprint density at radius 1 is 1.17 bits per heavy atom. The van der Waals surface area contributed by atoms with Gasteiger partial charge in [-0.3, -0.25) is 4.98 Å². The molecule has 3 heterocycles. The molecular formula is C20H22FN7O. The Hall–Kier alpha value is -3.33. The standard InChI is InChI=1S/C20H22FN7O/c1-13(14-2-4-15(21)5-3-14)24-20-26-17(25-18-11-22-7-8-23-18)10-19(27-20)28-9-6-16(29)12-28/h2-5,7-8,10-11,13,16,29H,6,9,12H2,1H3,(H2,23,24,25,26,27). The molecule has 0 amide bonds. The lowest BCUT2D eigenvalue weighted by molar-refractivity contribution is 0.198. The minimum atomic E-state index is -0.365. The molecule has 4 rings (SSSR count). The molecule has 29 heavy (non-hydrogen) atoms. The summed E-state index contributed by atoms with van der Waals surface area (Å²) >= 11 is 0. The molecule has 0 bridgehead atoms. The van der Waals surface area contributed by atoms with Crippen LogP contribution in [0.1, 0.15) is 24.9 Å². The first-order valence-corrected chi connectivity index (χ1v) is 9.44. The van der Waals surface area contributed by atoms with Crippen LogP contribution in [0.4, 0.5) is 27.8 Å². The average molecular weight is 395 g/mol. The Morgan fingerprint density at radius 3 is 2.69 bits per heavy atom. The molecular weight excluding hydrogens is 373 g/mol. The summed E-state index contributed by atoms with van der Waals surface area (Å²) in [5.41, 5.74) is 0.917. The summed E-state index contributed by atoms with van der Waals surface area (Å²) in [6.45, 7) is 3.20. The molecule has 0 saturated carbocycles. The van der Waals surface area contributed by atoms with E-state index in [1.807, 2.05) is 17.9 Å². The second-order valence-corrected chi connectivity index (χ2v) is 6.96. The van der Waals surface area contributed by atoms with Gasteiger partial charge in [-0.2, -0.15) is 9.97 Å². The lowest BCUT2D eigenvalue weighted by atomic mass is 10.1. The highest BCUT2D eigenvalue weighted by Gasteiger charge is 2.23. The molecule has 2 atom stereocenters. The third-order valence-corrected chi connectivity index (χ3v) is 4.73. The van der Waals surface area contributed by atoms with Crippen LogP contribution in [0.5, 0.6) is 0 Å². The Kier molecular flexibility index (Phi) is 5.48. The van der Waals surface area contributed by atoms with E-state index < -0.39 is 0 Å². The number of benzene rings is 1. The van der Waals surface area contributed by atoms with Gasteiger partial charge in [0, 0.05) is 31.5 Å². The van der Waals surface area contributed by atoms with Gasteiger partial charge >= 0.3 is 0 Å². The minimum Gasteiger partial charge on any atom is -0.391 e. The van der Waals surface area contributed by atoms with Crippen molar-refractivity contribution in [3.8, 4) is 0 Å². The molecule has 0 radical (unpaired) electrons. The molecule has 1 saturated heterocycles. The third kappa shape index (κ3) is 4.75. The fourth-order valence-electron chi connectivity index (χ4n) is 3.20. The van der Waals surface area contributed by atoms with Gasteiger partial charge in [0.15, 0.2) is 0 Å². The largest absolute Gasteiger partial charge is 0.391 e. The normalized spacial score (nSPS) is 17.2. The van der Waals surface area contributed by atoms with Gasteiger partial charge in [-0.25, -0.2) is 9.37 Å². The van der Waals surface area contributed by atoms with Crippen molar-refractivity contribution in [3.63, 3.8) is 0 Å². The molecule has 1 fully saturated rings. The number of hydrogen-bond donors (Lipinski definition) is 3. The number of nitrogens with zero attached hydrogens (tertiary/aromatic N) is 5. The molecule has 0 aliphatic carbocycles. The van der Waals surface area contributed by atoms with Gasteiger partial charge in [0.05, 0.1) is 18.3 Å². The monoisotopic (exact) mass is 395 g/mol. The highest BCUT2D eigenvalue weighted by molar-refractivity contribution is 5.59. The van der Waals surface area contributed by atoms with E-state index in [0.29, 0.717) is 36.4 Å². The maximum Gasteiger partial charge on any atom is 0.227 e. The van der Waals surface area contributed by atoms with Crippen LogP contribution < -0.4 is 15.5 Å². The van der Waals surface area contributed by atoms with Crippen LogP contribution in [0.25, 0.3) is 0 Å². The number of rotatable bonds is 6. The molecule has 2 unspecified atom stereocenters. The molecule has 3 aromatic rings. The van der Waals surface area contributed by atoms with Crippen molar-refractivity contribution in [1.29, 1.82) is 0 Å². The number of halogens is 1. The lowest BCUT2D eigenvalue weighted by Gasteiger charge is -2.20. The van der Waals surface area contributed by atoms with Crippen LogP contribution >= 0.6 is 0 Å². The summed E-state index contributed by atoms with van der Waals surface area (Å²) in [5.74, 6) is 1.98. The van der Waals surface area contributed by atoms with E-state index in [1.54, 1.807) is 30.7 Å². The first-order valence-electron chi connectivity index (χ1n) is 9.44. The van der Waals surface area contributed by atoms with Gasteiger partial charge in [0.2, 0.25) is 5.95 Å². The van der Waals surface area contributed by atoms with Crippen molar-refractivity contribution < 1.29 is 9.50 Å². The molecule has 8 nitrogen and oxygen atoms in total. The van der Waals surface area contributed by atoms with Crippen LogP contribution in [-0.4, -0.2) is 44.2 Å². The smallest absolute Gasteiger partial charge is 0.227 e. The number of nitrogens with one attached hydrogen (secondary N) is 2. The summed E-state index contributed by atoms with van der Waals surface area (Å²) in [5, 5.41) is 16.3. The maximum absolute atomic E-state index is 13.2. The van der Waals surface area contributed by atoms with Gasteiger partial charge in [-0.05, 0) is 31.0 Å². The Labute approximate surface area is 167 Å². The highest BCUT2D eigenvalue weighted by Crippen LogP contribution is 2.26. The van der Waals surface area contributed by atoms with E-state index in [4.69, 9.17) is 0 Å². The van der Waals surface area contributed by atoms with Crippen molar-refractivity contribution in [1.82, 2.24) is 19.9 Å². The lowest BCUT2D eigenvalue weighted by Crippen LogP contribution is -2.23. The van der Waals surface area contributed by atoms with Crippen molar-refractivity contribution in [2.24, 2.45) is 0 Å². The van der Waals surface area contributed by atoms with Gasteiger partial charge in [0.25, 0.3) is 0 Å². The first-order chi connectivity index (χ1) is 14.1. The zero-order chi connectivity index (χ0) is 20.2. The van der Waals surface area contributed by atoms with Gasteiger partial charge in [-0.15, -0.1) is 0 Å². The number of β-amino-alcohol motifs (C(OH)–C–C–N with tert-alkyl or cyclic N) is 1. The minimum absolute atomic E-state index is 0.126. The quantitative estimate of drug-likeness (QED) is 0.586. The number of anilines is 4. The van der Waals surface area contributed by atoms with E-state index in [2.05, 4.69) is 30.6 Å². The predicted octanol–water partition coefficient (Wildman–Crippen LogP) is 2.89. The highest BCUT2D eigenvalue weighted by atomic mass is 19.1. The Morgan fingerprint density at radius 2 is 2.00 bits per heavy atom. The zero-order valence-electron chi connectivity index (χ0n) is 16.0. The van der Waals surface area contributed by atoms with Crippen molar-refractivity contribution >= 4 is 23.4 Å². The average Bonchev–Trinajstić information content (AvgIpc) is 3.15. The SMILES string of the molecule is CC(Nc1nc(Nc2cnccn2)cc(N2CCC(O)C2)n1)c1ccc(F)cc1. The predicted molar refractivity (Wildman–Crippen MR) is 109 cm³/mol. The summed E-state index contributed by atoms with van der Waals surface area (Å²) in [4.78, 5) is 19.4. The van der Waals surface area contributed by atoms with Gasteiger partial charge in [0.1, 0.15) is 23.3 Å². The van der Waals surface area contributed by atoms with E-state index in [-0.39, 0.29) is 18.0 Å². The Balaban J connectivity index is 1.60. The van der Waals surface area contributed by atoms with Crippen LogP contribution in [0, 0.1) is 5.82 Å². The van der Waals surface area contributed by atoms with Crippen LogP contribution in [0.15, 0.2) is 48.9 Å². The molecule has 150 valence electrons. The van der Waals surface area contributed by atoms with Gasteiger partial charge in [-0.1, -0.05) is 12.1 Å². The summed E-state index contributed by atoms with van der Waals surface area (Å²) in [6.07, 6.45) is 5.13. The fraction of sp³-hybridized carbons (Fsp3) is 0.300. The maximum atomic E-state index is 13.2. The fourth-order valence-corrected chi connectivity index (χ4v) is 3.20. The van der Waals surface area contributed by atoms with E-state index in [9.17, 15) is 9.50 Å². The van der Waals surface area contributed by atoms with Crippen LogP contribution in [-0.2, 0) is 0 Å². The van der Waals surface area contributed by atoms with Crippen molar-refractivity contribution in [2.45, 2.75) is 25.5 Å². The number of aliphatic hydroxyl groups excluding tert-OH is 1.